The Morgan fingerprint density at radius 3 is 2.71 bits per heavy atom. The Hall–Kier alpha value is -3.43. The summed E-state index contributed by atoms with van der Waals surface area (Å²) in [6, 6.07) is 13.2. The molecule has 0 bridgehead atoms. The van der Waals surface area contributed by atoms with Crippen LogP contribution < -0.4 is 10.9 Å². The highest BCUT2D eigenvalue weighted by Gasteiger charge is 2.14. The summed E-state index contributed by atoms with van der Waals surface area (Å²) in [5, 5.41) is 5.61. The quantitative estimate of drug-likeness (QED) is 0.461. The highest BCUT2D eigenvalue weighted by atomic mass is 32.1. The van der Waals surface area contributed by atoms with E-state index in [1.54, 1.807) is 30.3 Å². The first-order valence-electron chi connectivity index (χ1n) is 9.73. The number of fused-ring (bicyclic) bond motifs is 1. The van der Waals surface area contributed by atoms with Crippen molar-refractivity contribution < 1.29 is 9.18 Å². The van der Waals surface area contributed by atoms with Crippen molar-refractivity contribution in [1.82, 2.24) is 19.9 Å². The van der Waals surface area contributed by atoms with Crippen LogP contribution in [0.1, 0.15) is 12.7 Å². The summed E-state index contributed by atoms with van der Waals surface area (Å²) in [6.07, 6.45) is 0. The fourth-order valence-corrected chi connectivity index (χ4v) is 3.88. The third-order valence-corrected chi connectivity index (χ3v) is 5.50. The van der Waals surface area contributed by atoms with Crippen LogP contribution in [-0.4, -0.2) is 38.8 Å². The second kappa shape index (κ2) is 9.15. The molecule has 0 spiro atoms. The van der Waals surface area contributed by atoms with Crippen molar-refractivity contribution in [2.24, 2.45) is 0 Å². The maximum absolute atomic E-state index is 13.1. The predicted molar refractivity (Wildman–Crippen MR) is 119 cm³/mol. The number of anilines is 1. The van der Waals surface area contributed by atoms with Crippen LogP contribution in [0.4, 0.5) is 9.52 Å². The number of nitrogens with one attached hydrogen (secondary N) is 2. The molecule has 2 N–H and O–H groups in total. The van der Waals surface area contributed by atoms with Gasteiger partial charge in [-0.25, -0.2) is 14.4 Å². The fourth-order valence-electron chi connectivity index (χ4n) is 3.15. The summed E-state index contributed by atoms with van der Waals surface area (Å²) in [4.78, 5) is 38.3. The molecule has 0 aliphatic heterocycles. The number of hydrogen-bond donors (Lipinski definition) is 2. The van der Waals surface area contributed by atoms with Gasteiger partial charge in [-0.3, -0.25) is 14.5 Å². The molecule has 0 saturated heterocycles. The maximum atomic E-state index is 13.1. The van der Waals surface area contributed by atoms with E-state index in [2.05, 4.69) is 20.3 Å². The van der Waals surface area contributed by atoms with Crippen molar-refractivity contribution in [2.45, 2.75) is 13.5 Å². The van der Waals surface area contributed by atoms with E-state index in [1.165, 1.54) is 23.5 Å². The van der Waals surface area contributed by atoms with Gasteiger partial charge in [-0.1, -0.05) is 19.1 Å². The lowest BCUT2D eigenvalue weighted by atomic mass is 10.2. The molecule has 4 rings (SSSR count). The van der Waals surface area contributed by atoms with Crippen molar-refractivity contribution >= 4 is 33.3 Å². The number of carbonyl (C=O) groups excluding carboxylic acids is 1. The Bertz CT molecular complexity index is 1270. The number of likely N-dealkylation sites (N-methyl/N-ethyl adjacent to an activating group) is 1. The molecule has 4 aromatic rings. The van der Waals surface area contributed by atoms with Crippen molar-refractivity contribution in [1.29, 1.82) is 0 Å². The summed E-state index contributed by atoms with van der Waals surface area (Å²) >= 11 is 1.30. The zero-order valence-electron chi connectivity index (χ0n) is 16.8. The van der Waals surface area contributed by atoms with Gasteiger partial charge in [0.25, 0.3) is 5.56 Å². The molecule has 0 aliphatic carbocycles. The number of amides is 1. The van der Waals surface area contributed by atoms with Crippen molar-refractivity contribution in [3.63, 3.8) is 0 Å². The van der Waals surface area contributed by atoms with Crippen LogP contribution in [0.3, 0.4) is 0 Å². The number of rotatable bonds is 7. The molecule has 0 atom stereocenters. The maximum Gasteiger partial charge on any atom is 0.258 e. The molecule has 0 radical (unpaired) electrons. The number of aromatic nitrogens is 3. The Kier molecular flexibility index (Phi) is 6.15. The molecule has 31 heavy (non-hydrogen) atoms. The molecule has 1 amide bonds. The van der Waals surface area contributed by atoms with Crippen LogP contribution in [0.5, 0.6) is 0 Å². The van der Waals surface area contributed by atoms with Gasteiger partial charge < -0.3 is 10.3 Å². The summed E-state index contributed by atoms with van der Waals surface area (Å²) in [7, 11) is 0. The topological polar surface area (TPSA) is 91.0 Å². The Balaban J connectivity index is 1.40. The number of nitrogens with zero attached hydrogens (tertiary/aromatic N) is 3. The molecule has 2 aromatic heterocycles. The molecule has 2 aromatic carbocycles. The number of thiazole rings is 1. The largest absolute Gasteiger partial charge is 0.309 e. The highest BCUT2D eigenvalue weighted by Crippen LogP contribution is 2.25. The van der Waals surface area contributed by atoms with Gasteiger partial charge in [-0.05, 0) is 42.9 Å². The van der Waals surface area contributed by atoms with Crippen LogP contribution in [0.2, 0.25) is 0 Å². The molecule has 0 unspecified atom stereocenters. The third kappa shape index (κ3) is 5.01. The summed E-state index contributed by atoms with van der Waals surface area (Å²) in [5.41, 5.74) is 1.88. The lowest BCUT2D eigenvalue weighted by Gasteiger charge is -2.18. The van der Waals surface area contributed by atoms with E-state index in [4.69, 9.17) is 0 Å². The summed E-state index contributed by atoms with van der Waals surface area (Å²) in [6.45, 7) is 2.99. The number of aromatic amines is 1. The molecule has 7 nitrogen and oxygen atoms in total. The van der Waals surface area contributed by atoms with Crippen molar-refractivity contribution in [3.8, 4) is 11.3 Å². The molecule has 0 fully saturated rings. The third-order valence-electron chi connectivity index (χ3n) is 4.74. The van der Waals surface area contributed by atoms with Gasteiger partial charge in [0.15, 0.2) is 5.13 Å². The van der Waals surface area contributed by atoms with Gasteiger partial charge in [0.2, 0.25) is 5.91 Å². The van der Waals surface area contributed by atoms with Gasteiger partial charge in [0.1, 0.15) is 11.6 Å². The minimum Gasteiger partial charge on any atom is -0.309 e. The average Bonchev–Trinajstić information content (AvgIpc) is 3.22. The zero-order chi connectivity index (χ0) is 21.8. The smallest absolute Gasteiger partial charge is 0.258 e. The lowest BCUT2D eigenvalue weighted by Crippen LogP contribution is -2.33. The van der Waals surface area contributed by atoms with E-state index in [1.807, 2.05) is 23.3 Å². The Labute approximate surface area is 181 Å². The molecule has 0 saturated carbocycles. The lowest BCUT2D eigenvalue weighted by molar-refractivity contribution is -0.117. The second-order valence-corrected chi connectivity index (χ2v) is 7.78. The first kappa shape index (κ1) is 20.8. The van der Waals surface area contributed by atoms with E-state index in [-0.39, 0.29) is 23.8 Å². The monoisotopic (exact) mass is 437 g/mol. The Morgan fingerprint density at radius 2 is 1.94 bits per heavy atom. The molecular formula is C22H20FN5O2S. The predicted octanol–water partition coefficient (Wildman–Crippen LogP) is 3.65. The van der Waals surface area contributed by atoms with Gasteiger partial charge in [0.05, 0.1) is 29.7 Å². The number of hydrogen-bond acceptors (Lipinski definition) is 6. The fraction of sp³-hybridized carbons (Fsp3) is 0.182. The standard InChI is InChI=1S/C22H20FN5O2S/c1-2-28(11-19-24-17-6-4-3-5-16(17)21(30)26-19)12-20(29)27-22-25-18(13-31-22)14-7-9-15(23)10-8-14/h3-10,13H,2,11-12H2,1H3,(H,24,26,30)(H,25,27,29). The number of benzene rings is 2. The molecular weight excluding hydrogens is 417 g/mol. The van der Waals surface area contributed by atoms with Crippen LogP contribution in [0.15, 0.2) is 58.7 Å². The first-order chi connectivity index (χ1) is 15.0. The summed E-state index contributed by atoms with van der Waals surface area (Å²) < 4.78 is 13.1. The molecule has 158 valence electrons. The van der Waals surface area contributed by atoms with E-state index < -0.39 is 0 Å². The van der Waals surface area contributed by atoms with Gasteiger partial charge in [-0.15, -0.1) is 11.3 Å². The number of carbonyl (C=O) groups is 1. The average molecular weight is 438 g/mol. The Morgan fingerprint density at radius 1 is 1.16 bits per heavy atom. The van der Waals surface area contributed by atoms with Crippen molar-refractivity contribution in [2.75, 3.05) is 18.4 Å². The van der Waals surface area contributed by atoms with Gasteiger partial charge >= 0.3 is 0 Å². The van der Waals surface area contributed by atoms with Crippen LogP contribution in [-0.2, 0) is 11.3 Å². The minimum atomic E-state index is -0.311. The van der Waals surface area contributed by atoms with Crippen LogP contribution in [0.25, 0.3) is 22.2 Å². The number of para-hydroxylation sites is 1. The number of H-pyrrole nitrogens is 1. The molecule has 9 heteroatoms. The summed E-state index contributed by atoms with van der Waals surface area (Å²) in [5.74, 6) is -0.0226. The van der Waals surface area contributed by atoms with Crippen LogP contribution >= 0.6 is 11.3 Å². The van der Waals surface area contributed by atoms with E-state index in [0.717, 1.165) is 5.56 Å². The van der Waals surface area contributed by atoms with Gasteiger partial charge in [-0.2, -0.15) is 0 Å². The SMILES string of the molecule is CCN(CC(=O)Nc1nc(-c2ccc(F)cc2)cs1)Cc1nc2ccccc2c(=O)[nH]1. The molecule has 0 aliphatic rings. The van der Waals surface area contributed by atoms with Gasteiger partial charge in [0, 0.05) is 10.9 Å². The van der Waals surface area contributed by atoms with E-state index in [9.17, 15) is 14.0 Å². The highest BCUT2D eigenvalue weighted by molar-refractivity contribution is 7.14. The normalized spacial score (nSPS) is 11.2. The molecule has 2 heterocycles. The van der Waals surface area contributed by atoms with Crippen molar-refractivity contribution in [3.05, 3.63) is 75.9 Å². The van der Waals surface area contributed by atoms with Crippen LogP contribution in [0, 0.1) is 5.82 Å². The minimum absolute atomic E-state index is 0.124. The van der Waals surface area contributed by atoms with E-state index in [0.29, 0.717) is 40.6 Å². The second-order valence-electron chi connectivity index (χ2n) is 6.93. The zero-order valence-corrected chi connectivity index (χ0v) is 17.6. The first-order valence-corrected chi connectivity index (χ1v) is 10.6. The van der Waals surface area contributed by atoms with E-state index >= 15 is 0 Å². The number of halogens is 1.